The van der Waals surface area contributed by atoms with Crippen LogP contribution >= 0.6 is 0 Å². The van der Waals surface area contributed by atoms with Crippen molar-refractivity contribution in [2.24, 2.45) is 5.92 Å². The normalized spacial score (nSPS) is 20.1. The molecule has 1 heterocycles. The van der Waals surface area contributed by atoms with Crippen LogP contribution in [0.25, 0.3) is 22.2 Å². The van der Waals surface area contributed by atoms with Crippen LogP contribution in [0.3, 0.4) is 0 Å². The number of rotatable bonds is 3. The lowest BCUT2D eigenvalue weighted by Crippen LogP contribution is -2.20. The Kier molecular flexibility index (Phi) is 4.42. The highest BCUT2D eigenvalue weighted by molar-refractivity contribution is 5.92. The molecular formula is C21H18F3NO2. The number of carbonyl (C=O) groups is 1. The number of aromatic nitrogens is 1. The van der Waals surface area contributed by atoms with E-state index < -0.39 is 17.6 Å². The van der Waals surface area contributed by atoms with Gasteiger partial charge in [0.15, 0.2) is 0 Å². The first-order valence-corrected chi connectivity index (χ1v) is 8.93. The Morgan fingerprint density at radius 2 is 1.63 bits per heavy atom. The van der Waals surface area contributed by atoms with Crippen LogP contribution in [0.15, 0.2) is 36.4 Å². The van der Waals surface area contributed by atoms with Crippen molar-refractivity contribution in [3.8, 4) is 11.3 Å². The lowest BCUT2D eigenvalue weighted by Gasteiger charge is -2.27. The molecule has 3 aromatic rings. The van der Waals surface area contributed by atoms with E-state index in [0.717, 1.165) is 11.6 Å². The number of hydrogen-bond donors (Lipinski definition) is 2. The first kappa shape index (κ1) is 17.6. The van der Waals surface area contributed by atoms with Gasteiger partial charge in [-0.2, -0.15) is 0 Å². The molecule has 27 heavy (non-hydrogen) atoms. The summed E-state index contributed by atoms with van der Waals surface area (Å²) < 4.78 is 41.6. The van der Waals surface area contributed by atoms with Crippen molar-refractivity contribution in [1.29, 1.82) is 0 Å². The van der Waals surface area contributed by atoms with Gasteiger partial charge in [-0.3, -0.25) is 4.79 Å². The maximum atomic E-state index is 14.3. The molecule has 1 aliphatic rings. The number of benzene rings is 2. The standard InChI is InChI=1S/C21H18F3NO2/c22-14-7-5-12(6-8-14)19-18(11-1-3-13(4-2-11)21(26)27)16-9-15(23)10-17(24)20(16)25-19/h5-11,13,25H,1-4H2,(H,26,27). The van der Waals surface area contributed by atoms with Gasteiger partial charge in [0.25, 0.3) is 0 Å². The molecule has 1 aromatic heterocycles. The molecule has 2 aromatic carbocycles. The van der Waals surface area contributed by atoms with Crippen LogP contribution in [0.1, 0.15) is 37.2 Å². The summed E-state index contributed by atoms with van der Waals surface area (Å²) in [6.07, 6.45) is 2.28. The summed E-state index contributed by atoms with van der Waals surface area (Å²) in [5.74, 6) is -2.92. The number of aliphatic carboxylic acids is 1. The van der Waals surface area contributed by atoms with Crippen LogP contribution in [-0.4, -0.2) is 16.1 Å². The quantitative estimate of drug-likeness (QED) is 0.627. The Labute approximate surface area is 153 Å². The van der Waals surface area contributed by atoms with Crippen molar-refractivity contribution < 1.29 is 23.1 Å². The molecule has 2 N–H and O–H groups in total. The SMILES string of the molecule is O=C(O)C1CCC(c2c(-c3ccc(F)cc3)[nH]c3c(F)cc(F)cc23)CC1. The summed E-state index contributed by atoms with van der Waals surface area (Å²) in [5, 5.41) is 9.68. The maximum Gasteiger partial charge on any atom is 0.306 e. The fourth-order valence-electron chi connectivity index (χ4n) is 4.14. The summed E-state index contributed by atoms with van der Waals surface area (Å²) in [5.41, 5.74) is 2.31. The third-order valence-corrected chi connectivity index (χ3v) is 5.48. The van der Waals surface area contributed by atoms with E-state index in [1.165, 1.54) is 18.2 Å². The molecule has 4 rings (SSSR count). The zero-order valence-corrected chi connectivity index (χ0v) is 14.4. The van der Waals surface area contributed by atoms with Crippen LogP contribution in [0.5, 0.6) is 0 Å². The molecule has 6 heteroatoms. The van der Waals surface area contributed by atoms with E-state index in [9.17, 15) is 23.1 Å². The predicted octanol–water partition coefficient (Wildman–Crippen LogP) is 5.61. The van der Waals surface area contributed by atoms with Crippen molar-refractivity contribution in [1.82, 2.24) is 4.98 Å². The van der Waals surface area contributed by atoms with Gasteiger partial charge in [-0.15, -0.1) is 0 Å². The van der Waals surface area contributed by atoms with Crippen LogP contribution in [-0.2, 0) is 4.79 Å². The number of hydrogen-bond acceptors (Lipinski definition) is 1. The second-order valence-corrected chi connectivity index (χ2v) is 7.12. The Hall–Kier alpha value is -2.76. The molecule has 0 spiro atoms. The van der Waals surface area contributed by atoms with Crippen LogP contribution < -0.4 is 0 Å². The summed E-state index contributed by atoms with van der Waals surface area (Å²) >= 11 is 0. The average Bonchev–Trinajstić information content (AvgIpc) is 3.02. The highest BCUT2D eigenvalue weighted by atomic mass is 19.1. The van der Waals surface area contributed by atoms with Gasteiger partial charge in [0.05, 0.1) is 17.1 Å². The third-order valence-electron chi connectivity index (χ3n) is 5.48. The van der Waals surface area contributed by atoms with Gasteiger partial charge in [0.1, 0.15) is 17.5 Å². The summed E-state index contributed by atoms with van der Waals surface area (Å²) in [7, 11) is 0. The van der Waals surface area contributed by atoms with Crippen molar-refractivity contribution in [2.45, 2.75) is 31.6 Å². The van der Waals surface area contributed by atoms with E-state index in [1.54, 1.807) is 12.1 Å². The fourth-order valence-corrected chi connectivity index (χ4v) is 4.14. The van der Waals surface area contributed by atoms with Gasteiger partial charge >= 0.3 is 5.97 Å². The van der Waals surface area contributed by atoms with Crippen molar-refractivity contribution in [2.75, 3.05) is 0 Å². The first-order valence-electron chi connectivity index (χ1n) is 8.93. The van der Waals surface area contributed by atoms with Gasteiger partial charge in [-0.25, -0.2) is 13.2 Å². The Morgan fingerprint density at radius 3 is 2.26 bits per heavy atom. The zero-order chi connectivity index (χ0) is 19.1. The van der Waals surface area contributed by atoms with E-state index >= 15 is 0 Å². The number of carboxylic acid groups (broad SMARTS) is 1. The lowest BCUT2D eigenvalue weighted by molar-refractivity contribution is -0.142. The molecule has 1 fully saturated rings. The number of fused-ring (bicyclic) bond motifs is 1. The van der Waals surface area contributed by atoms with E-state index in [0.29, 0.717) is 42.3 Å². The molecule has 0 radical (unpaired) electrons. The Morgan fingerprint density at radius 1 is 0.963 bits per heavy atom. The summed E-state index contributed by atoms with van der Waals surface area (Å²) in [4.78, 5) is 14.3. The van der Waals surface area contributed by atoms with E-state index in [2.05, 4.69) is 4.98 Å². The Bertz CT molecular complexity index is 1000. The molecule has 0 amide bonds. The van der Waals surface area contributed by atoms with Crippen LogP contribution in [0, 0.1) is 23.4 Å². The van der Waals surface area contributed by atoms with Crippen LogP contribution in [0.2, 0.25) is 0 Å². The summed E-state index contributed by atoms with van der Waals surface area (Å²) in [6, 6.07) is 7.98. The molecule has 1 saturated carbocycles. The molecule has 1 aliphatic carbocycles. The summed E-state index contributed by atoms with van der Waals surface area (Å²) in [6.45, 7) is 0. The number of halogens is 3. The van der Waals surface area contributed by atoms with Gasteiger partial charge in [0.2, 0.25) is 0 Å². The molecule has 140 valence electrons. The second-order valence-electron chi connectivity index (χ2n) is 7.12. The first-order chi connectivity index (χ1) is 12.9. The number of aromatic amines is 1. The molecule has 0 atom stereocenters. The lowest BCUT2D eigenvalue weighted by atomic mass is 9.77. The van der Waals surface area contributed by atoms with Gasteiger partial charge in [-0.05, 0) is 73.1 Å². The van der Waals surface area contributed by atoms with Crippen LogP contribution in [0.4, 0.5) is 13.2 Å². The minimum absolute atomic E-state index is 0.0180. The van der Waals surface area contributed by atoms with E-state index in [4.69, 9.17) is 0 Å². The topological polar surface area (TPSA) is 53.1 Å². The van der Waals surface area contributed by atoms with Gasteiger partial charge < -0.3 is 10.1 Å². The molecule has 0 unspecified atom stereocenters. The smallest absolute Gasteiger partial charge is 0.306 e. The second kappa shape index (κ2) is 6.76. The van der Waals surface area contributed by atoms with Crippen molar-refractivity contribution >= 4 is 16.9 Å². The predicted molar refractivity (Wildman–Crippen MR) is 95.9 cm³/mol. The highest BCUT2D eigenvalue weighted by Crippen LogP contribution is 2.44. The highest BCUT2D eigenvalue weighted by Gasteiger charge is 2.30. The fraction of sp³-hybridized carbons (Fsp3) is 0.286. The minimum Gasteiger partial charge on any atom is -0.481 e. The minimum atomic E-state index is -0.803. The number of nitrogens with one attached hydrogen (secondary N) is 1. The number of H-pyrrole nitrogens is 1. The van der Waals surface area contributed by atoms with E-state index in [-0.39, 0.29) is 23.2 Å². The van der Waals surface area contributed by atoms with Gasteiger partial charge in [-0.1, -0.05) is 0 Å². The maximum absolute atomic E-state index is 14.3. The molecule has 3 nitrogen and oxygen atoms in total. The largest absolute Gasteiger partial charge is 0.481 e. The average molecular weight is 373 g/mol. The molecular weight excluding hydrogens is 355 g/mol. The zero-order valence-electron chi connectivity index (χ0n) is 14.4. The molecule has 0 bridgehead atoms. The molecule has 0 aliphatic heterocycles. The van der Waals surface area contributed by atoms with E-state index in [1.807, 2.05) is 0 Å². The van der Waals surface area contributed by atoms with Crippen molar-refractivity contribution in [3.63, 3.8) is 0 Å². The third kappa shape index (κ3) is 3.20. The molecule has 0 saturated heterocycles. The monoisotopic (exact) mass is 373 g/mol. The van der Waals surface area contributed by atoms with Gasteiger partial charge in [0, 0.05) is 11.5 Å². The van der Waals surface area contributed by atoms with Crippen molar-refractivity contribution in [3.05, 3.63) is 59.4 Å². The Balaban J connectivity index is 1.85. The number of carboxylic acids is 1.